The van der Waals surface area contributed by atoms with Gasteiger partial charge in [0, 0.05) is 19.3 Å². The largest absolute Gasteiger partial charge is 0.482 e. The SMILES string of the molecule is O=C(O)c1cc(CN2CCCCC2c2ncccc2OCc2nc3ccccc3o2)c2ncn(CC3CCO3)c2c1. The zero-order valence-electron chi connectivity index (χ0n) is 22.6. The Kier molecular flexibility index (Phi) is 6.85. The summed E-state index contributed by atoms with van der Waals surface area (Å²) >= 11 is 0. The maximum absolute atomic E-state index is 12.1. The molecule has 2 aliphatic rings. The summed E-state index contributed by atoms with van der Waals surface area (Å²) < 4.78 is 19.7. The van der Waals surface area contributed by atoms with Crippen molar-refractivity contribution in [2.75, 3.05) is 13.2 Å². The molecule has 2 aromatic carbocycles. The van der Waals surface area contributed by atoms with E-state index in [2.05, 4.69) is 9.88 Å². The van der Waals surface area contributed by atoms with Crippen LogP contribution in [0, 0.1) is 0 Å². The highest BCUT2D eigenvalue weighted by atomic mass is 16.5. The lowest BCUT2D eigenvalue weighted by molar-refractivity contribution is -0.0586. The van der Waals surface area contributed by atoms with Crippen LogP contribution < -0.4 is 4.74 Å². The normalized spacial score (nSPS) is 19.4. The molecule has 10 nitrogen and oxygen atoms in total. The molecule has 0 amide bonds. The minimum atomic E-state index is -0.949. The maximum atomic E-state index is 12.1. The monoisotopic (exact) mass is 553 g/mol. The summed E-state index contributed by atoms with van der Waals surface area (Å²) in [5, 5.41) is 9.90. The molecule has 2 fully saturated rings. The number of ether oxygens (including phenoxy) is 2. The van der Waals surface area contributed by atoms with E-state index in [-0.39, 0.29) is 24.3 Å². The van der Waals surface area contributed by atoms with Crippen LogP contribution in [0.15, 0.2) is 65.5 Å². The minimum Gasteiger partial charge on any atom is -0.482 e. The van der Waals surface area contributed by atoms with Crippen molar-refractivity contribution in [1.29, 1.82) is 0 Å². The summed E-state index contributed by atoms with van der Waals surface area (Å²) in [6.07, 6.45) is 7.79. The van der Waals surface area contributed by atoms with Crippen molar-refractivity contribution in [3.63, 3.8) is 0 Å². The number of pyridine rings is 1. The first-order valence-electron chi connectivity index (χ1n) is 14.1. The van der Waals surface area contributed by atoms with Gasteiger partial charge in [0.05, 0.1) is 47.3 Å². The van der Waals surface area contributed by atoms with Gasteiger partial charge in [-0.15, -0.1) is 0 Å². The molecule has 10 heteroatoms. The highest BCUT2D eigenvalue weighted by Gasteiger charge is 2.29. The fraction of sp³-hybridized carbons (Fsp3) is 0.355. The summed E-state index contributed by atoms with van der Waals surface area (Å²) in [7, 11) is 0. The number of carbonyl (C=O) groups is 1. The van der Waals surface area contributed by atoms with Gasteiger partial charge in [0.15, 0.2) is 12.2 Å². The van der Waals surface area contributed by atoms with Crippen LogP contribution in [0.4, 0.5) is 0 Å². The van der Waals surface area contributed by atoms with E-state index in [1.165, 1.54) is 0 Å². The summed E-state index contributed by atoms with van der Waals surface area (Å²) in [4.78, 5) is 28.5. The van der Waals surface area contributed by atoms with E-state index in [0.717, 1.165) is 72.2 Å². The summed E-state index contributed by atoms with van der Waals surface area (Å²) in [5.41, 5.74) is 5.20. The number of hydrogen-bond donors (Lipinski definition) is 1. The third kappa shape index (κ3) is 5.16. The molecule has 41 heavy (non-hydrogen) atoms. The Balaban J connectivity index is 1.16. The van der Waals surface area contributed by atoms with Crippen LogP contribution in [0.25, 0.3) is 22.1 Å². The summed E-state index contributed by atoms with van der Waals surface area (Å²) in [6, 6.07) is 15.0. The number of carboxylic acids is 1. The highest BCUT2D eigenvalue weighted by Crippen LogP contribution is 2.37. The van der Waals surface area contributed by atoms with E-state index in [4.69, 9.17) is 23.9 Å². The number of carboxylic acid groups (broad SMARTS) is 1. The molecule has 210 valence electrons. The van der Waals surface area contributed by atoms with Gasteiger partial charge in [-0.05, 0) is 67.8 Å². The molecule has 2 aliphatic heterocycles. The van der Waals surface area contributed by atoms with Gasteiger partial charge in [0.1, 0.15) is 11.3 Å². The van der Waals surface area contributed by atoms with Gasteiger partial charge in [-0.2, -0.15) is 0 Å². The van der Waals surface area contributed by atoms with Gasteiger partial charge in [-0.1, -0.05) is 18.6 Å². The Bertz CT molecular complexity index is 1670. The molecule has 0 spiro atoms. The first kappa shape index (κ1) is 25.7. The first-order chi connectivity index (χ1) is 20.1. The molecular formula is C31H31N5O5. The third-order valence-corrected chi connectivity index (χ3v) is 8.04. The Labute approximate surface area is 236 Å². The zero-order chi connectivity index (χ0) is 27.8. The first-order valence-corrected chi connectivity index (χ1v) is 14.1. The highest BCUT2D eigenvalue weighted by molar-refractivity contribution is 5.93. The lowest BCUT2D eigenvalue weighted by atomic mass is 9.96. The molecule has 0 saturated carbocycles. The van der Waals surface area contributed by atoms with E-state index < -0.39 is 5.97 Å². The molecule has 1 N–H and O–H groups in total. The Morgan fingerprint density at radius 1 is 1.10 bits per heavy atom. The lowest BCUT2D eigenvalue weighted by Gasteiger charge is -2.36. The molecule has 7 rings (SSSR count). The number of nitrogens with zero attached hydrogens (tertiary/aromatic N) is 5. The van der Waals surface area contributed by atoms with Crippen LogP contribution >= 0.6 is 0 Å². The van der Waals surface area contributed by atoms with Crippen molar-refractivity contribution < 1.29 is 23.8 Å². The molecule has 2 atom stereocenters. The quantitative estimate of drug-likeness (QED) is 0.257. The van der Waals surface area contributed by atoms with E-state index in [1.54, 1.807) is 24.7 Å². The summed E-state index contributed by atoms with van der Waals surface area (Å²) in [5.74, 6) is 0.258. The maximum Gasteiger partial charge on any atom is 0.335 e. The number of rotatable bonds is 9. The molecule has 2 unspecified atom stereocenters. The molecular weight excluding hydrogens is 522 g/mol. The second-order valence-corrected chi connectivity index (χ2v) is 10.7. The molecule has 0 aliphatic carbocycles. The van der Waals surface area contributed by atoms with Gasteiger partial charge in [0.2, 0.25) is 5.89 Å². The minimum absolute atomic E-state index is 0.0116. The second-order valence-electron chi connectivity index (χ2n) is 10.7. The number of benzene rings is 2. The van der Waals surface area contributed by atoms with Crippen LogP contribution in [-0.2, 0) is 24.4 Å². The van der Waals surface area contributed by atoms with Crippen molar-refractivity contribution in [1.82, 2.24) is 24.4 Å². The van der Waals surface area contributed by atoms with Gasteiger partial charge < -0.3 is 23.6 Å². The zero-order valence-corrected chi connectivity index (χ0v) is 22.6. The van der Waals surface area contributed by atoms with Crippen molar-refractivity contribution >= 4 is 28.1 Å². The molecule has 2 saturated heterocycles. The van der Waals surface area contributed by atoms with E-state index in [9.17, 15) is 9.90 Å². The number of imidazole rings is 1. The number of hydrogen-bond acceptors (Lipinski definition) is 8. The number of fused-ring (bicyclic) bond motifs is 2. The van der Waals surface area contributed by atoms with Crippen LogP contribution in [0.2, 0.25) is 0 Å². The number of aromatic carboxylic acids is 1. The van der Waals surface area contributed by atoms with Crippen LogP contribution in [0.5, 0.6) is 5.75 Å². The van der Waals surface area contributed by atoms with Crippen molar-refractivity contribution in [2.45, 2.75) is 57.5 Å². The van der Waals surface area contributed by atoms with Crippen LogP contribution in [-0.4, -0.2) is 54.8 Å². The molecule has 5 aromatic rings. The van der Waals surface area contributed by atoms with Gasteiger partial charge in [-0.25, -0.2) is 14.8 Å². The molecule has 3 aromatic heterocycles. The van der Waals surface area contributed by atoms with E-state index in [0.29, 0.717) is 24.7 Å². The van der Waals surface area contributed by atoms with E-state index in [1.807, 2.05) is 41.0 Å². The number of aromatic nitrogens is 4. The number of likely N-dealkylation sites (tertiary alicyclic amines) is 1. The lowest BCUT2D eigenvalue weighted by Crippen LogP contribution is -2.34. The fourth-order valence-electron chi connectivity index (χ4n) is 5.88. The fourth-order valence-corrected chi connectivity index (χ4v) is 5.88. The van der Waals surface area contributed by atoms with Crippen molar-refractivity contribution in [3.8, 4) is 5.75 Å². The van der Waals surface area contributed by atoms with Crippen LogP contribution in [0.1, 0.15) is 59.2 Å². The third-order valence-electron chi connectivity index (χ3n) is 8.04. The topological polar surface area (TPSA) is 116 Å². The number of para-hydroxylation sites is 2. The predicted octanol–water partition coefficient (Wildman–Crippen LogP) is 5.37. The summed E-state index contributed by atoms with van der Waals surface area (Å²) in [6.45, 7) is 3.05. The Morgan fingerprint density at radius 3 is 2.83 bits per heavy atom. The van der Waals surface area contributed by atoms with E-state index >= 15 is 0 Å². The standard InChI is InChI=1S/C31H31N5O5/c37-31(38)20-14-21(29-25(15-20)36(19-33-29)17-22-10-13-39-22)16-35-12-4-3-7-24(35)30-27(9-5-11-32-30)40-18-28-34-23-6-1-2-8-26(23)41-28/h1-2,5-6,8-9,11,14-15,19,22,24H,3-4,7,10,12-13,16-18H2,(H,37,38). The second kappa shape index (κ2) is 10.9. The average Bonchev–Trinajstić information content (AvgIpc) is 3.58. The predicted molar refractivity (Wildman–Crippen MR) is 151 cm³/mol. The smallest absolute Gasteiger partial charge is 0.335 e. The molecule has 5 heterocycles. The van der Waals surface area contributed by atoms with Crippen LogP contribution in [0.3, 0.4) is 0 Å². The Morgan fingerprint density at radius 2 is 2.00 bits per heavy atom. The van der Waals surface area contributed by atoms with Gasteiger partial charge >= 0.3 is 5.97 Å². The Hall–Kier alpha value is -4.28. The average molecular weight is 554 g/mol. The van der Waals surface area contributed by atoms with Crippen molar-refractivity contribution in [3.05, 3.63) is 83.8 Å². The molecule has 0 radical (unpaired) electrons. The number of piperidine rings is 1. The van der Waals surface area contributed by atoms with Crippen molar-refractivity contribution in [2.24, 2.45) is 0 Å². The number of oxazole rings is 1. The van der Waals surface area contributed by atoms with Gasteiger partial charge in [-0.3, -0.25) is 9.88 Å². The van der Waals surface area contributed by atoms with Gasteiger partial charge in [0.25, 0.3) is 0 Å². The molecule has 0 bridgehead atoms.